The molecule has 2 aromatic rings. The van der Waals surface area contributed by atoms with E-state index in [9.17, 15) is 14.4 Å². The van der Waals surface area contributed by atoms with Crippen LogP contribution in [-0.2, 0) is 14.3 Å². The first-order valence-electron chi connectivity index (χ1n) is 8.78. The Bertz CT molecular complexity index is 915. The minimum absolute atomic E-state index is 0.122. The number of fused-ring (bicyclic) bond motifs is 1. The third-order valence-electron chi connectivity index (χ3n) is 3.95. The quantitative estimate of drug-likeness (QED) is 0.723. The fourth-order valence-electron chi connectivity index (χ4n) is 2.58. The summed E-state index contributed by atoms with van der Waals surface area (Å²) in [4.78, 5) is 37.2. The minimum Gasteiger partial charge on any atom is -0.492 e. The lowest BCUT2D eigenvalue weighted by Gasteiger charge is -2.18. The molecule has 0 aromatic heterocycles. The van der Waals surface area contributed by atoms with Gasteiger partial charge in [-0.2, -0.15) is 0 Å². The summed E-state index contributed by atoms with van der Waals surface area (Å²) in [7, 11) is 0. The van der Waals surface area contributed by atoms with Gasteiger partial charge in [0.15, 0.2) is 6.10 Å². The van der Waals surface area contributed by atoms with Gasteiger partial charge in [-0.15, -0.1) is 11.8 Å². The molecule has 7 nitrogen and oxygen atoms in total. The van der Waals surface area contributed by atoms with Gasteiger partial charge in [-0.3, -0.25) is 9.59 Å². The van der Waals surface area contributed by atoms with Crippen LogP contribution in [0.5, 0.6) is 5.75 Å². The van der Waals surface area contributed by atoms with Crippen molar-refractivity contribution in [3.05, 3.63) is 48.0 Å². The van der Waals surface area contributed by atoms with E-state index in [2.05, 4.69) is 10.6 Å². The summed E-state index contributed by atoms with van der Waals surface area (Å²) >= 11 is 1.40. The molecule has 28 heavy (non-hydrogen) atoms. The lowest BCUT2D eigenvalue weighted by molar-refractivity contribution is -0.123. The average Bonchev–Trinajstić information content (AvgIpc) is 2.68. The predicted octanol–water partition coefficient (Wildman–Crippen LogP) is 3.31. The molecule has 1 heterocycles. The Morgan fingerprint density at radius 1 is 1.25 bits per heavy atom. The van der Waals surface area contributed by atoms with Crippen LogP contribution in [0.2, 0.25) is 0 Å². The molecule has 8 heteroatoms. The molecule has 2 aromatic carbocycles. The zero-order valence-electron chi connectivity index (χ0n) is 15.5. The Morgan fingerprint density at radius 3 is 2.82 bits per heavy atom. The smallest absolute Gasteiger partial charge is 0.338 e. The highest BCUT2D eigenvalue weighted by molar-refractivity contribution is 8.00. The number of ether oxygens (including phenoxy) is 2. The van der Waals surface area contributed by atoms with E-state index in [-0.39, 0.29) is 11.5 Å². The van der Waals surface area contributed by atoms with Crippen molar-refractivity contribution >= 4 is 40.9 Å². The fourth-order valence-corrected chi connectivity index (χ4v) is 3.37. The van der Waals surface area contributed by atoms with Gasteiger partial charge in [0.25, 0.3) is 5.91 Å². The van der Waals surface area contributed by atoms with E-state index in [0.29, 0.717) is 29.5 Å². The number of thioether (sulfide) groups is 1. The van der Waals surface area contributed by atoms with E-state index >= 15 is 0 Å². The summed E-state index contributed by atoms with van der Waals surface area (Å²) in [5.74, 6) is -0.351. The highest BCUT2D eigenvalue weighted by Crippen LogP contribution is 2.32. The Kier molecular flexibility index (Phi) is 6.20. The molecule has 1 unspecified atom stereocenters. The Morgan fingerprint density at radius 2 is 2.04 bits per heavy atom. The lowest BCUT2D eigenvalue weighted by Crippen LogP contribution is -2.30. The van der Waals surface area contributed by atoms with Crippen molar-refractivity contribution in [2.75, 3.05) is 23.0 Å². The van der Waals surface area contributed by atoms with E-state index in [0.717, 1.165) is 4.90 Å². The molecule has 3 rings (SSSR count). The number of hydrogen-bond donors (Lipinski definition) is 2. The number of rotatable bonds is 6. The minimum atomic E-state index is -1.01. The molecule has 0 bridgehead atoms. The summed E-state index contributed by atoms with van der Waals surface area (Å²) in [6.07, 6.45) is -1.01. The lowest BCUT2D eigenvalue weighted by atomic mass is 10.2. The van der Waals surface area contributed by atoms with E-state index in [1.54, 1.807) is 42.5 Å². The number of anilines is 2. The van der Waals surface area contributed by atoms with E-state index in [4.69, 9.17) is 9.47 Å². The highest BCUT2D eigenvalue weighted by atomic mass is 32.2. The molecular formula is C20H20N2O5S. The van der Waals surface area contributed by atoms with E-state index < -0.39 is 18.0 Å². The molecule has 0 spiro atoms. The summed E-state index contributed by atoms with van der Waals surface area (Å²) in [5.41, 5.74) is 1.33. The van der Waals surface area contributed by atoms with Gasteiger partial charge in [0.2, 0.25) is 5.91 Å². The van der Waals surface area contributed by atoms with Crippen LogP contribution in [0.3, 0.4) is 0 Å². The average molecular weight is 400 g/mol. The van der Waals surface area contributed by atoms with E-state index in [1.165, 1.54) is 18.7 Å². The number of carbonyl (C=O) groups excluding carboxylic acids is 3. The topological polar surface area (TPSA) is 93.7 Å². The number of amides is 2. The molecule has 1 aliphatic rings. The standard InChI is InChI=1S/C20H20N2O5S/c1-3-26-16-7-5-4-6-14(16)22-19(24)12(2)27-20(25)13-8-9-17-15(10-13)21-18(23)11-28-17/h4-10,12H,3,11H2,1-2H3,(H,21,23)(H,22,24). The van der Waals surface area contributed by atoms with Crippen LogP contribution in [0.4, 0.5) is 11.4 Å². The second-order valence-electron chi connectivity index (χ2n) is 6.01. The normalized spacial score (nSPS) is 13.7. The first kappa shape index (κ1) is 19.8. The van der Waals surface area contributed by atoms with Crippen LogP contribution in [0.15, 0.2) is 47.4 Å². The van der Waals surface area contributed by atoms with Gasteiger partial charge < -0.3 is 20.1 Å². The Balaban J connectivity index is 1.65. The number of carbonyl (C=O) groups is 3. The first-order chi connectivity index (χ1) is 13.5. The summed E-state index contributed by atoms with van der Waals surface area (Å²) < 4.78 is 10.7. The number of hydrogen-bond acceptors (Lipinski definition) is 6. The maximum Gasteiger partial charge on any atom is 0.338 e. The maximum absolute atomic E-state index is 12.4. The molecule has 1 atom stereocenters. The third-order valence-corrected chi connectivity index (χ3v) is 5.02. The van der Waals surface area contributed by atoms with Gasteiger partial charge in [0, 0.05) is 4.90 Å². The van der Waals surface area contributed by atoms with Crippen LogP contribution in [0.25, 0.3) is 0 Å². The van der Waals surface area contributed by atoms with Crippen LogP contribution >= 0.6 is 11.8 Å². The van der Waals surface area contributed by atoms with Crippen LogP contribution in [0.1, 0.15) is 24.2 Å². The highest BCUT2D eigenvalue weighted by Gasteiger charge is 2.22. The van der Waals surface area contributed by atoms with Crippen molar-refractivity contribution in [1.29, 1.82) is 0 Å². The molecule has 0 aliphatic carbocycles. The molecule has 2 N–H and O–H groups in total. The second kappa shape index (κ2) is 8.79. The molecule has 0 saturated heterocycles. The molecular weight excluding hydrogens is 380 g/mol. The Hall–Kier alpha value is -3.00. The van der Waals surface area contributed by atoms with Crippen molar-refractivity contribution in [2.24, 2.45) is 0 Å². The van der Waals surface area contributed by atoms with Gasteiger partial charge >= 0.3 is 5.97 Å². The molecule has 0 saturated carbocycles. The zero-order valence-corrected chi connectivity index (χ0v) is 16.3. The van der Waals surface area contributed by atoms with Crippen molar-refractivity contribution < 1.29 is 23.9 Å². The fraction of sp³-hybridized carbons (Fsp3) is 0.250. The van der Waals surface area contributed by atoms with Gasteiger partial charge in [-0.05, 0) is 44.2 Å². The molecule has 0 radical (unpaired) electrons. The van der Waals surface area contributed by atoms with Crippen LogP contribution < -0.4 is 15.4 Å². The second-order valence-corrected chi connectivity index (χ2v) is 7.03. The van der Waals surface area contributed by atoms with Crippen molar-refractivity contribution in [3.8, 4) is 5.75 Å². The monoisotopic (exact) mass is 400 g/mol. The number of esters is 1. The van der Waals surface area contributed by atoms with Crippen molar-refractivity contribution in [3.63, 3.8) is 0 Å². The van der Waals surface area contributed by atoms with Crippen molar-refractivity contribution in [2.45, 2.75) is 24.8 Å². The maximum atomic E-state index is 12.4. The summed E-state index contributed by atoms with van der Waals surface area (Å²) in [5, 5.41) is 5.43. The van der Waals surface area contributed by atoms with Crippen molar-refractivity contribution in [1.82, 2.24) is 0 Å². The van der Waals surface area contributed by atoms with Gasteiger partial charge in [0.1, 0.15) is 5.75 Å². The summed E-state index contributed by atoms with van der Waals surface area (Å²) in [6.45, 7) is 3.81. The molecule has 146 valence electrons. The van der Waals surface area contributed by atoms with Crippen LogP contribution in [-0.4, -0.2) is 36.2 Å². The first-order valence-corrected chi connectivity index (χ1v) is 9.77. The number of benzene rings is 2. The SMILES string of the molecule is CCOc1ccccc1NC(=O)C(C)OC(=O)c1ccc2c(c1)NC(=O)CS2. The number of nitrogens with one attached hydrogen (secondary N) is 2. The Labute approximate surface area is 166 Å². The predicted molar refractivity (Wildman–Crippen MR) is 107 cm³/mol. The van der Waals surface area contributed by atoms with Gasteiger partial charge in [0.05, 0.1) is 29.3 Å². The van der Waals surface area contributed by atoms with Gasteiger partial charge in [-0.1, -0.05) is 12.1 Å². The third kappa shape index (κ3) is 4.64. The van der Waals surface area contributed by atoms with E-state index in [1.807, 2.05) is 6.92 Å². The largest absolute Gasteiger partial charge is 0.492 e. The molecule has 0 fully saturated rings. The van der Waals surface area contributed by atoms with Crippen LogP contribution in [0, 0.1) is 0 Å². The van der Waals surface area contributed by atoms with Gasteiger partial charge in [-0.25, -0.2) is 4.79 Å². The summed E-state index contributed by atoms with van der Waals surface area (Å²) in [6, 6.07) is 11.9. The molecule has 2 amide bonds. The molecule has 1 aliphatic heterocycles. The zero-order chi connectivity index (χ0) is 20.1. The number of para-hydroxylation sites is 2.